The predicted molar refractivity (Wildman–Crippen MR) is 49.3 cm³/mol. The van der Waals surface area contributed by atoms with E-state index in [9.17, 15) is 4.79 Å². The first kappa shape index (κ1) is 8.96. The molecule has 2 heterocycles. The van der Waals surface area contributed by atoms with Crippen LogP contribution in [0.5, 0.6) is 0 Å². The van der Waals surface area contributed by atoms with Crippen molar-refractivity contribution in [3.8, 4) is 0 Å². The molecule has 6 heteroatoms. The number of halogens is 1. The summed E-state index contributed by atoms with van der Waals surface area (Å²) in [6.07, 6.45) is 1.47. The first-order valence-corrected chi connectivity index (χ1v) is 4.19. The Labute approximate surface area is 84.3 Å². The summed E-state index contributed by atoms with van der Waals surface area (Å²) in [5, 5.41) is 4.26. The number of ether oxygens (including phenoxy) is 1. The number of carbonyl (C=O) groups excluding carboxylic acids is 1. The number of imidazole rings is 1. The lowest BCUT2D eigenvalue weighted by Crippen LogP contribution is -2.00. The van der Waals surface area contributed by atoms with Crippen LogP contribution in [0.4, 0.5) is 0 Å². The Morgan fingerprint density at radius 3 is 3.07 bits per heavy atom. The van der Waals surface area contributed by atoms with E-state index < -0.39 is 5.97 Å². The van der Waals surface area contributed by atoms with Crippen molar-refractivity contribution < 1.29 is 9.53 Å². The molecule has 0 unspecified atom stereocenters. The monoisotopic (exact) mass is 211 g/mol. The van der Waals surface area contributed by atoms with E-state index >= 15 is 0 Å². The van der Waals surface area contributed by atoms with Crippen molar-refractivity contribution in [2.45, 2.75) is 0 Å². The predicted octanol–water partition coefficient (Wildman–Crippen LogP) is 1.17. The molecule has 0 amide bonds. The van der Waals surface area contributed by atoms with Crippen molar-refractivity contribution in [1.29, 1.82) is 0 Å². The zero-order chi connectivity index (χ0) is 10.1. The standard InChI is InChI=1S/C8H6ClN3O2/c1-14-8(13)5-4-12-7(10-5)3-2-6(9)11-12/h2-4H,1H3. The third kappa shape index (κ3) is 1.42. The van der Waals surface area contributed by atoms with Gasteiger partial charge in [0, 0.05) is 0 Å². The van der Waals surface area contributed by atoms with Gasteiger partial charge in [0.1, 0.15) is 5.15 Å². The molecular formula is C8H6ClN3O2. The molecule has 14 heavy (non-hydrogen) atoms. The van der Waals surface area contributed by atoms with Crippen LogP contribution in [-0.2, 0) is 4.74 Å². The maximum absolute atomic E-state index is 11.1. The van der Waals surface area contributed by atoms with Crippen LogP contribution < -0.4 is 0 Å². The van der Waals surface area contributed by atoms with E-state index in [0.717, 1.165) is 0 Å². The van der Waals surface area contributed by atoms with Gasteiger partial charge in [0.25, 0.3) is 0 Å². The van der Waals surface area contributed by atoms with Gasteiger partial charge in [-0.1, -0.05) is 11.6 Å². The molecule has 0 atom stereocenters. The van der Waals surface area contributed by atoms with Gasteiger partial charge in [0.2, 0.25) is 0 Å². The van der Waals surface area contributed by atoms with Crippen molar-refractivity contribution in [3.63, 3.8) is 0 Å². The maximum atomic E-state index is 11.1. The second-order valence-electron chi connectivity index (χ2n) is 2.58. The summed E-state index contributed by atoms with van der Waals surface area (Å²) in [5.74, 6) is -0.494. The summed E-state index contributed by atoms with van der Waals surface area (Å²) >= 11 is 5.67. The van der Waals surface area contributed by atoms with E-state index in [-0.39, 0.29) is 5.69 Å². The number of hydrogen-bond acceptors (Lipinski definition) is 4. The SMILES string of the molecule is COC(=O)c1cn2nc(Cl)ccc2n1. The van der Waals surface area contributed by atoms with Gasteiger partial charge in [0.05, 0.1) is 13.3 Å². The lowest BCUT2D eigenvalue weighted by atomic mass is 10.5. The topological polar surface area (TPSA) is 56.5 Å². The van der Waals surface area contributed by atoms with Gasteiger partial charge in [-0.3, -0.25) is 0 Å². The molecular weight excluding hydrogens is 206 g/mol. The summed E-state index contributed by atoms with van der Waals surface area (Å²) in [7, 11) is 1.30. The minimum atomic E-state index is -0.494. The van der Waals surface area contributed by atoms with Gasteiger partial charge in [-0.25, -0.2) is 14.3 Å². The summed E-state index contributed by atoms with van der Waals surface area (Å²) < 4.78 is 5.95. The Bertz CT molecular complexity index is 494. The lowest BCUT2D eigenvalue weighted by Gasteiger charge is -1.90. The summed E-state index contributed by atoms with van der Waals surface area (Å²) in [6.45, 7) is 0. The second-order valence-corrected chi connectivity index (χ2v) is 2.96. The van der Waals surface area contributed by atoms with Gasteiger partial charge < -0.3 is 4.74 Å². The molecule has 2 aromatic heterocycles. The molecule has 2 rings (SSSR count). The highest BCUT2D eigenvalue weighted by Crippen LogP contribution is 2.08. The van der Waals surface area contributed by atoms with Gasteiger partial charge in [-0.15, -0.1) is 0 Å². The maximum Gasteiger partial charge on any atom is 0.358 e. The Balaban J connectivity index is 2.56. The molecule has 72 valence electrons. The fourth-order valence-corrected chi connectivity index (χ4v) is 1.21. The highest BCUT2D eigenvalue weighted by atomic mass is 35.5. The average molecular weight is 212 g/mol. The molecule has 0 fully saturated rings. The minimum absolute atomic E-state index is 0.210. The van der Waals surface area contributed by atoms with Crippen LogP contribution in [0.1, 0.15) is 10.5 Å². The second kappa shape index (κ2) is 3.26. The quantitative estimate of drug-likeness (QED) is 0.665. The summed E-state index contributed by atoms with van der Waals surface area (Å²) in [6, 6.07) is 3.27. The Morgan fingerprint density at radius 1 is 1.57 bits per heavy atom. The molecule has 0 aromatic carbocycles. The fourth-order valence-electron chi connectivity index (χ4n) is 1.06. The van der Waals surface area contributed by atoms with E-state index in [1.54, 1.807) is 12.1 Å². The molecule has 0 saturated heterocycles. The van der Waals surface area contributed by atoms with Crippen molar-refractivity contribution >= 4 is 23.2 Å². The number of aromatic nitrogens is 3. The number of fused-ring (bicyclic) bond motifs is 1. The molecule has 0 aliphatic heterocycles. The molecule has 0 bridgehead atoms. The largest absolute Gasteiger partial charge is 0.464 e. The van der Waals surface area contributed by atoms with Crippen LogP contribution in [-0.4, -0.2) is 27.7 Å². The van der Waals surface area contributed by atoms with E-state index in [1.165, 1.54) is 17.8 Å². The first-order valence-electron chi connectivity index (χ1n) is 3.81. The van der Waals surface area contributed by atoms with E-state index in [2.05, 4.69) is 14.8 Å². The van der Waals surface area contributed by atoms with Crippen molar-refractivity contribution in [2.24, 2.45) is 0 Å². The van der Waals surface area contributed by atoms with E-state index in [1.807, 2.05) is 0 Å². The van der Waals surface area contributed by atoms with Crippen molar-refractivity contribution in [3.05, 3.63) is 29.2 Å². The third-order valence-electron chi connectivity index (χ3n) is 1.68. The Kier molecular flexibility index (Phi) is 2.09. The van der Waals surface area contributed by atoms with Crippen LogP contribution >= 0.6 is 11.6 Å². The normalized spacial score (nSPS) is 10.4. The molecule has 2 aromatic rings. The Morgan fingerprint density at radius 2 is 2.36 bits per heavy atom. The average Bonchev–Trinajstić information content (AvgIpc) is 2.59. The van der Waals surface area contributed by atoms with Gasteiger partial charge >= 0.3 is 5.97 Å². The number of rotatable bonds is 1. The van der Waals surface area contributed by atoms with Crippen molar-refractivity contribution in [2.75, 3.05) is 7.11 Å². The van der Waals surface area contributed by atoms with Crippen LogP contribution in [0.2, 0.25) is 5.15 Å². The zero-order valence-electron chi connectivity index (χ0n) is 7.27. The zero-order valence-corrected chi connectivity index (χ0v) is 8.02. The highest BCUT2D eigenvalue weighted by molar-refractivity contribution is 6.29. The number of hydrogen-bond donors (Lipinski definition) is 0. The smallest absolute Gasteiger partial charge is 0.358 e. The summed E-state index contributed by atoms with van der Waals surface area (Å²) in [4.78, 5) is 15.1. The van der Waals surface area contributed by atoms with Gasteiger partial charge in [0.15, 0.2) is 11.3 Å². The number of methoxy groups -OCH3 is 1. The van der Waals surface area contributed by atoms with Gasteiger partial charge in [-0.05, 0) is 12.1 Å². The van der Waals surface area contributed by atoms with E-state index in [0.29, 0.717) is 10.8 Å². The Hall–Kier alpha value is -1.62. The van der Waals surface area contributed by atoms with Crippen LogP contribution in [0.3, 0.4) is 0 Å². The lowest BCUT2D eigenvalue weighted by molar-refractivity contribution is 0.0595. The van der Waals surface area contributed by atoms with Crippen LogP contribution in [0, 0.1) is 0 Å². The fraction of sp³-hybridized carbons (Fsp3) is 0.125. The molecule has 0 saturated carbocycles. The molecule has 0 N–H and O–H groups in total. The van der Waals surface area contributed by atoms with Crippen LogP contribution in [0.15, 0.2) is 18.3 Å². The first-order chi connectivity index (χ1) is 6.70. The molecule has 0 aliphatic rings. The number of carbonyl (C=O) groups is 1. The number of nitrogens with zero attached hydrogens (tertiary/aromatic N) is 3. The van der Waals surface area contributed by atoms with Crippen molar-refractivity contribution in [1.82, 2.24) is 14.6 Å². The number of esters is 1. The molecule has 0 radical (unpaired) electrons. The molecule has 5 nitrogen and oxygen atoms in total. The highest BCUT2D eigenvalue weighted by Gasteiger charge is 2.10. The summed E-state index contributed by atoms with van der Waals surface area (Å²) in [5.41, 5.74) is 0.761. The van der Waals surface area contributed by atoms with Gasteiger partial charge in [-0.2, -0.15) is 5.10 Å². The molecule has 0 spiro atoms. The minimum Gasteiger partial charge on any atom is -0.464 e. The molecule has 0 aliphatic carbocycles. The third-order valence-corrected chi connectivity index (χ3v) is 1.88. The van der Waals surface area contributed by atoms with E-state index in [4.69, 9.17) is 11.6 Å². The van der Waals surface area contributed by atoms with Crippen LogP contribution in [0.25, 0.3) is 5.65 Å².